The number of esters is 1. The molecular formula is C21H25N3O3. The minimum atomic E-state index is -0.464. The van der Waals surface area contributed by atoms with E-state index in [1.807, 2.05) is 6.07 Å². The van der Waals surface area contributed by atoms with Crippen LogP contribution in [0.15, 0.2) is 48.5 Å². The highest BCUT2D eigenvalue weighted by Crippen LogP contribution is 2.18. The van der Waals surface area contributed by atoms with Gasteiger partial charge in [0.2, 0.25) is 0 Å². The fourth-order valence-corrected chi connectivity index (χ4v) is 3.21. The number of urea groups is 1. The standard InChI is InChI=1S/C21H25N3O3/c1-16-7-3-4-8-17(16)15-23-11-13-24(14-12-23)21(26)22-19-10-6-5-9-18(19)20(25)27-2/h3-10H,11-15H2,1-2H3,(H,22,26). The molecule has 0 unspecified atom stereocenters. The van der Waals surface area contributed by atoms with Gasteiger partial charge in [-0.2, -0.15) is 0 Å². The van der Waals surface area contributed by atoms with Gasteiger partial charge in [-0.1, -0.05) is 36.4 Å². The van der Waals surface area contributed by atoms with Crippen molar-refractivity contribution in [3.05, 3.63) is 65.2 Å². The van der Waals surface area contributed by atoms with Crippen LogP contribution in [-0.4, -0.2) is 55.1 Å². The van der Waals surface area contributed by atoms with E-state index in [1.54, 1.807) is 29.2 Å². The molecule has 0 spiro atoms. The van der Waals surface area contributed by atoms with E-state index >= 15 is 0 Å². The number of benzene rings is 2. The third-order valence-electron chi connectivity index (χ3n) is 4.89. The fraction of sp³-hybridized carbons (Fsp3) is 0.333. The van der Waals surface area contributed by atoms with E-state index in [0.717, 1.165) is 19.6 Å². The van der Waals surface area contributed by atoms with E-state index in [2.05, 4.69) is 35.3 Å². The Kier molecular flexibility index (Phi) is 6.08. The summed E-state index contributed by atoms with van der Waals surface area (Å²) in [6.45, 7) is 5.96. The Balaban J connectivity index is 1.56. The summed E-state index contributed by atoms with van der Waals surface area (Å²) >= 11 is 0. The van der Waals surface area contributed by atoms with Gasteiger partial charge in [-0.15, -0.1) is 0 Å². The highest BCUT2D eigenvalue weighted by atomic mass is 16.5. The Bertz CT molecular complexity index is 814. The van der Waals surface area contributed by atoms with Crippen molar-refractivity contribution in [2.45, 2.75) is 13.5 Å². The zero-order chi connectivity index (χ0) is 19.2. The molecule has 6 nitrogen and oxygen atoms in total. The van der Waals surface area contributed by atoms with Gasteiger partial charge in [0.05, 0.1) is 18.4 Å². The van der Waals surface area contributed by atoms with Crippen LogP contribution < -0.4 is 5.32 Å². The number of hydrogen-bond acceptors (Lipinski definition) is 4. The average Bonchev–Trinajstić information content (AvgIpc) is 2.70. The lowest BCUT2D eigenvalue weighted by Gasteiger charge is -2.35. The van der Waals surface area contributed by atoms with Gasteiger partial charge >= 0.3 is 12.0 Å². The highest BCUT2D eigenvalue weighted by molar-refractivity contribution is 6.00. The van der Waals surface area contributed by atoms with Crippen LogP contribution in [0.4, 0.5) is 10.5 Å². The fourth-order valence-electron chi connectivity index (χ4n) is 3.21. The molecule has 2 aromatic carbocycles. The normalized spacial score (nSPS) is 14.7. The van der Waals surface area contributed by atoms with Gasteiger partial charge in [-0.05, 0) is 30.2 Å². The number of rotatable bonds is 4. The maximum atomic E-state index is 12.6. The van der Waals surface area contributed by atoms with Crippen molar-refractivity contribution in [3.63, 3.8) is 0 Å². The van der Waals surface area contributed by atoms with Crippen molar-refractivity contribution < 1.29 is 14.3 Å². The van der Waals surface area contributed by atoms with Crippen LogP contribution in [0, 0.1) is 6.92 Å². The molecule has 3 rings (SSSR count). The largest absolute Gasteiger partial charge is 0.465 e. The van der Waals surface area contributed by atoms with Gasteiger partial charge in [-0.25, -0.2) is 9.59 Å². The van der Waals surface area contributed by atoms with E-state index in [1.165, 1.54) is 18.2 Å². The Morgan fingerprint density at radius 1 is 1.00 bits per heavy atom. The number of para-hydroxylation sites is 1. The minimum absolute atomic E-state index is 0.193. The number of carbonyl (C=O) groups is 2. The molecule has 6 heteroatoms. The van der Waals surface area contributed by atoms with Crippen molar-refractivity contribution in [3.8, 4) is 0 Å². The van der Waals surface area contributed by atoms with Crippen molar-refractivity contribution in [1.29, 1.82) is 0 Å². The predicted octanol–water partition coefficient (Wildman–Crippen LogP) is 3.13. The van der Waals surface area contributed by atoms with Crippen LogP contribution in [0.1, 0.15) is 21.5 Å². The number of piperazine rings is 1. The van der Waals surface area contributed by atoms with Gasteiger partial charge in [0.1, 0.15) is 0 Å². The SMILES string of the molecule is COC(=O)c1ccccc1NC(=O)N1CCN(Cc2ccccc2C)CC1. The third kappa shape index (κ3) is 4.65. The molecule has 27 heavy (non-hydrogen) atoms. The summed E-state index contributed by atoms with van der Waals surface area (Å²) in [5, 5.41) is 2.84. The van der Waals surface area contributed by atoms with Crippen molar-refractivity contribution in [1.82, 2.24) is 9.80 Å². The predicted molar refractivity (Wildman–Crippen MR) is 105 cm³/mol. The molecule has 1 saturated heterocycles. The lowest BCUT2D eigenvalue weighted by Crippen LogP contribution is -2.49. The van der Waals surface area contributed by atoms with E-state index in [-0.39, 0.29) is 6.03 Å². The number of ether oxygens (including phenoxy) is 1. The van der Waals surface area contributed by atoms with Gasteiger partial charge in [0, 0.05) is 32.7 Å². The number of nitrogens with zero attached hydrogens (tertiary/aromatic N) is 2. The van der Waals surface area contributed by atoms with E-state index < -0.39 is 5.97 Å². The lowest BCUT2D eigenvalue weighted by atomic mass is 10.1. The van der Waals surface area contributed by atoms with Crippen LogP contribution >= 0.6 is 0 Å². The van der Waals surface area contributed by atoms with Gasteiger partial charge < -0.3 is 15.0 Å². The van der Waals surface area contributed by atoms with Crippen molar-refractivity contribution >= 4 is 17.7 Å². The van der Waals surface area contributed by atoms with Gasteiger partial charge in [-0.3, -0.25) is 4.90 Å². The molecule has 0 radical (unpaired) electrons. The lowest BCUT2D eigenvalue weighted by molar-refractivity contribution is 0.0602. The Hall–Kier alpha value is -2.86. The molecule has 0 aromatic heterocycles. The second-order valence-electron chi connectivity index (χ2n) is 6.66. The molecule has 1 aliphatic rings. The molecule has 142 valence electrons. The summed E-state index contributed by atoms with van der Waals surface area (Å²) in [5.41, 5.74) is 3.43. The molecule has 1 heterocycles. The molecule has 2 amide bonds. The Morgan fingerprint density at radius 2 is 1.67 bits per heavy atom. The first-order chi connectivity index (χ1) is 13.1. The second-order valence-corrected chi connectivity index (χ2v) is 6.66. The Morgan fingerprint density at radius 3 is 2.37 bits per heavy atom. The van der Waals surface area contributed by atoms with E-state index in [9.17, 15) is 9.59 Å². The quantitative estimate of drug-likeness (QED) is 0.844. The van der Waals surface area contributed by atoms with Crippen LogP contribution in [0.25, 0.3) is 0 Å². The van der Waals surface area contributed by atoms with E-state index in [0.29, 0.717) is 24.3 Å². The van der Waals surface area contributed by atoms with Crippen LogP contribution in [-0.2, 0) is 11.3 Å². The first-order valence-electron chi connectivity index (χ1n) is 9.08. The molecule has 1 aliphatic heterocycles. The number of aryl methyl sites for hydroxylation is 1. The number of amides is 2. The smallest absolute Gasteiger partial charge is 0.339 e. The molecule has 1 N–H and O–H groups in total. The topological polar surface area (TPSA) is 61.9 Å². The zero-order valence-corrected chi connectivity index (χ0v) is 15.8. The van der Waals surface area contributed by atoms with Crippen LogP contribution in [0.3, 0.4) is 0 Å². The molecule has 0 atom stereocenters. The maximum absolute atomic E-state index is 12.6. The average molecular weight is 367 g/mol. The molecule has 0 aliphatic carbocycles. The molecular weight excluding hydrogens is 342 g/mol. The van der Waals surface area contributed by atoms with Gasteiger partial charge in [0.15, 0.2) is 0 Å². The van der Waals surface area contributed by atoms with Crippen molar-refractivity contribution in [2.24, 2.45) is 0 Å². The van der Waals surface area contributed by atoms with Crippen LogP contribution in [0.5, 0.6) is 0 Å². The monoisotopic (exact) mass is 367 g/mol. The number of nitrogens with one attached hydrogen (secondary N) is 1. The summed E-state index contributed by atoms with van der Waals surface area (Å²) in [6, 6.07) is 15.1. The summed E-state index contributed by atoms with van der Waals surface area (Å²) in [4.78, 5) is 28.6. The highest BCUT2D eigenvalue weighted by Gasteiger charge is 2.22. The molecule has 1 fully saturated rings. The number of anilines is 1. The first kappa shape index (κ1) is 18.9. The minimum Gasteiger partial charge on any atom is -0.465 e. The molecule has 0 saturated carbocycles. The third-order valence-corrected chi connectivity index (χ3v) is 4.89. The van der Waals surface area contributed by atoms with Crippen LogP contribution in [0.2, 0.25) is 0 Å². The first-order valence-corrected chi connectivity index (χ1v) is 9.08. The summed E-state index contributed by atoms with van der Waals surface area (Å²) in [6.07, 6.45) is 0. The summed E-state index contributed by atoms with van der Waals surface area (Å²) in [5.74, 6) is -0.464. The summed E-state index contributed by atoms with van der Waals surface area (Å²) < 4.78 is 4.77. The Labute approximate surface area is 159 Å². The summed E-state index contributed by atoms with van der Waals surface area (Å²) in [7, 11) is 1.33. The molecule has 0 bridgehead atoms. The number of methoxy groups -OCH3 is 1. The molecule has 2 aromatic rings. The maximum Gasteiger partial charge on any atom is 0.339 e. The number of hydrogen-bond donors (Lipinski definition) is 1. The zero-order valence-electron chi connectivity index (χ0n) is 15.8. The van der Waals surface area contributed by atoms with E-state index in [4.69, 9.17) is 4.74 Å². The van der Waals surface area contributed by atoms with Gasteiger partial charge in [0.25, 0.3) is 0 Å². The number of carbonyl (C=O) groups excluding carboxylic acids is 2. The van der Waals surface area contributed by atoms with Crippen molar-refractivity contribution in [2.75, 3.05) is 38.6 Å². The second kappa shape index (κ2) is 8.68.